The standard InChI is InChI=1S/C10H11O/c1-2-4-9(5-3-1)8-11-10-6-7-10/h1-5H,6-8H2. The van der Waals surface area contributed by atoms with Gasteiger partial charge in [-0.2, -0.15) is 0 Å². The lowest BCUT2D eigenvalue weighted by Crippen LogP contribution is -1.88. The van der Waals surface area contributed by atoms with E-state index in [1.807, 2.05) is 18.2 Å². The molecule has 1 aromatic rings. The monoisotopic (exact) mass is 147 g/mol. The van der Waals surface area contributed by atoms with Gasteiger partial charge in [0, 0.05) is 0 Å². The van der Waals surface area contributed by atoms with E-state index in [9.17, 15) is 0 Å². The molecule has 1 aliphatic rings. The Morgan fingerprint density at radius 3 is 2.45 bits per heavy atom. The van der Waals surface area contributed by atoms with E-state index in [1.165, 1.54) is 24.5 Å². The van der Waals surface area contributed by atoms with Crippen molar-refractivity contribution in [1.29, 1.82) is 0 Å². The summed E-state index contributed by atoms with van der Waals surface area (Å²) in [5.41, 5.74) is 1.26. The van der Waals surface area contributed by atoms with Gasteiger partial charge in [-0.25, -0.2) is 0 Å². The molecule has 0 aliphatic heterocycles. The van der Waals surface area contributed by atoms with Crippen LogP contribution in [0.5, 0.6) is 0 Å². The van der Waals surface area contributed by atoms with Crippen LogP contribution in [0.2, 0.25) is 0 Å². The van der Waals surface area contributed by atoms with E-state index in [1.54, 1.807) is 0 Å². The van der Waals surface area contributed by atoms with Crippen molar-refractivity contribution in [3.63, 3.8) is 0 Å². The van der Waals surface area contributed by atoms with E-state index in [0.717, 1.165) is 6.61 Å². The Kier molecular flexibility index (Phi) is 1.91. The highest BCUT2D eigenvalue weighted by Crippen LogP contribution is 2.33. The molecular weight excluding hydrogens is 136 g/mol. The number of hydrogen-bond donors (Lipinski definition) is 0. The maximum atomic E-state index is 5.46. The van der Waals surface area contributed by atoms with Crippen LogP contribution in [0.25, 0.3) is 0 Å². The topological polar surface area (TPSA) is 9.23 Å². The van der Waals surface area contributed by atoms with Crippen LogP contribution in [0.3, 0.4) is 0 Å². The lowest BCUT2D eigenvalue weighted by atomic mass is 10.2. The Hall–Kier alpha value is -0.820. The molecule has 57 valence electrons. The number of ether oxygens (including phenoxy) is 1. The fraction of sp³-hybridized carbons (Fsp3) is 0.300. The predicted molar refractivity (Wildman–Crippen MR) is 43.7 cm³/mol. The Morgan fingerprint density at radius 1 is 1.09 bits per heavy atom. The van der Waals surface area contributed by atoms with Crippen LogP contribution in [-0.4, -0.2) is 0 Å². The third-order valence-electron chi connectivity index (χ3n) is 1.74. The lowest BCUT2D eigenvalue weighted by Gasteiger charge is -1.99. The molecule has 0 atom stereocenters. The molecule has 1 fully saturated rings. The number of rotatable bonds is 3. The molecule has 1 saturated carbocycles. The summed E-state index contributed by atoms with van der Waals surface area (Å²) in [6, 6.07) is 10.3. The zero-order valence-corrected chi connectivity index (χ0v) is 6.42. The highest BCUT2D eigenvalue weighted by Gasteiger charge is 2.23. The second-order valence-electron chi connectivity index (χ2n) is 2.81. The van der Waals surface area contributed by atoms with Crippen molar-refractivity contribution in [2.24, 2.45) is 0 Å². The molecule has 0 saturated heterocycles. The highest BCUT2D eigenvalue weighted by atomic mass is 16.5. The van der Waals surface area contributed by atoms with Crippen molar-refractivity contribution >= 4 is 0 Å². The van der Waals surface area contributed by atoms with Gasteiger partial charge in [-0.1, -0.05) is 30.3 Å². The van der Waals surface area contributed by atoms with E-state index >= 15 is 0 Å². The van der Waals surface area contributed by atoms with Crippen molar-refractivity contribution in [1.82, 2.24) is 0 Å². The van der Waals surface area contributed by atoms with Gasteiger partial charge >= 0.3 is 0 Å². The largest absolute Gasteiger partial charge is 0.367 e. The normalized spacial score (nSPS) is 16.7. The SMILES string of the molecule is c1ccc(CO[C]2CC2)cc1. The Bertz CT molecular complexity index is 214. The van der Waals surface area contributed by atoms with Crippen LogP contribution in [0, 0.1) is 6.10 Å². The van der Waals surface area contributed by atoms with Gasteiger partial charge in [0.25, 0.3) is 0 Å². The molecular formula is C10H11O. The van der Waals surface area contributed by atoms with Gasteiger partial charge in [-0.3, -0.25) is 0 Å². The van der Waals surface area contributed by atoms with Gasteiger partial charge in [0.2, 0.25) is 0 Å². The van der Waals surface area contributed by atoms with Crippen LogP contribution >= 0.6 is 0 Å². The van der Waals surface area contributed by atoms with Crippen LogP contribution in [-0.2, 0) is 11.3 Å². The smallest absolute Gasteiger partial charge is 0.0977 e. The van der Waals surface area contributed by atoms with Crippen LogP contribution in [0.15, 0.2) is 30.3 Å². The van der Waals surface area contributed by atoms with Crippen LogP contribution in [0.1, 0.15) is 18.4 Å². The van der Waals surface area contributed by atoms with Gasteiger partial charge in [0.1, 0.15) is 0 Å². The Morgan fingerprint density at radius 2 is 1.82 bits per heavy atom. The first-order chi connectivity index (χ1) is 5.45. The summed E-state index contributed by atoms with van der Waals surface area (Å²) in [6.45, 7) is 0.746. The minimum Gasteiger partial charge on any atom is -0.367 e. The molecule has 0 spiro atoms. The van der Waals surface area contributed by atoms with Crippen molar-refractivity contribution in [2.45, 2.75) is 19.4 Å². The Labute approximate surface area is 67.0 Å². The second kappa shape index (κ2) is 3.05. The molecule has 1 nitrogen and oxygen atoms in total. The first kappa shape index (κ1) is 6.86. The molecule has 0 unspecified atom stereocenters. The quantitative estimate of drug-likeness (QED) is 0.638. The molecule has 1 radical (unpaired) electrons. The lowest BCUT2D eigenvalue weighted by molar-refractivity contribution is 0.173. The van der Waals surface area contributed by atoms with E-state index in [4.69, 9.17) is 4.74 Å². The third kappa shape index (κ3) is 2.05. The van der Waals surface area contributed by atoms with Gasteiger partial charge in [-0.05, 0) is 18.4 Å². The molecule has 11 heavy (non-hydrogen) atoms. The zero-order valence-electron chi connectivity index (χ0n) is 6.42. The van der Waals surface area contributed by atoms with Crippen molar-refractivity contribution in [3.8, 4) is 0 Å². The van der Waals surface area contributed by atoms with Gasteiger partial charge in [0.05, 0.1) is 12.7 Å². The van der Waals surface area contributed by atoms with E-state index < -0.39 is 0 Å². The third-order valence-corrected chi connectivity index (χ3v) is 1.74. The maximum Gasteiger partial charge on any atom is 0.0977 e. The minimum atomic E-state index is 0.746. The average molecular weight is 147 g/mol. The van der Waals surface area contributed by atoms with Crippen molar-refractivity contribution < 1.29 is 4.74 Å². The summed E-state index contributed by atoms with van der Waals surface area (Å²) in [6.07, 6.45) is 3.61. The van der Waals surface area contributed by atoms with Crippen molar-refractivity contribution in [3.05, 3.63) is 42.0 Å². The molecule has 0 aromatic heterocycles. The predicted octanol–water partition coefficient (Wildman–Crippen LogP) is 2.53. The summed E-state index contributed by atoms with van der Waals surface area (Å²) in [7, 11) is 0. The summed E-state index contributed by atoms with van der Waals surface area (Å²) in [4.78, 5) is 0. The average Bonchev–Trinajstić information content (AvgIpc) is 2.86. The molecule has 1 heteroatoms. The van der Waals surface area contributed by atoms with E-state index in [2.05, 4.69) is 12.1 Å². The maximum absolute atomic E-state index is 5.46. The van der Waals surface area contributed by atoms with Gasteiger partial charge in [-0.15, -0.1) is 0 Å². The summed E-state index contributed by atoms with van der Waals surface area (Å²) in [5.74, 6) is 0. The molecule has 1 aromatic carbocycles. The first-order valence-electron chi connectivity index (χ1n) is 3.96. The minimum absolute atomic E-state index is 0.746. The van der Waals surface area contributed by atoms with Gasteiger partial charge < -0.3 is 4.74 Å². The fourth-order valence-electron chi connectivity index (χ4n) is 0.955. The first-order valence-corrected chi connectivity index (χ1v) is 3.96. The Balaban J connectivity index is 1.85. The van der Waals surface area contributed by atoms with Crippen LogP contribution < -0.4 is 0 Å². The van der Waals surface area contributed by atoms with E-state index in [0.29, 0.717) is 0 Å². The highest BCUT2D eigenvalue weighted by molar-refractivity contribution is 5.14. The van der Waals surface area contributed by atoms with Gasteiger partial charge in [0.15, 0.2) is 0 Å². The fourth-order valence-corrected chi connectivity index (χ4v) is 0.955. The summed E-state index contributed by atoms with van der Waals surface area (Å²) < 4.78 is 5.46. The summed E-state index contributed by atoms with van der Waals surface area (Å²) in [5, 5.41) is 0. The molecule has 2 rings (SSSR count). The molecule has 1 aliphatic carbocycles. The number of hydrogen-bond acceptors (Lipinski definition) is 1. The summed E-state index contributed by atoms with van der Waals surface area (Å²) >= 11 is 0. The van der Waals surface area contributed by atoms with E-state index in [-0.39, 0.29) is 0 Å². The molecule has 0 bridgehead atoms. The second-order valence-corrected chi connectivity index (χ2v) is 2.81. The zero-order chi connectivity index (χ0) is 7.52. The number of benzene rings is 1. The molecule has 0 amide bonds. The van der Waals surface area contributed by atoms with Crippen molar-refractivity contribution in [2.75, 3.05) is 0 Å². The molecule has 0 N–H and O–H groups in total. The van der Waals surface area contributed by atoms with Crippen LogP contribution in [0.4, 0.5) is 0 Å². The molecule has 0 heterocycles.